The lowest BCUT2D eigenvalue weighted by molar-refractivity contribution is -0.121. The summed E-state index contributed by atoms with van der Waals surface area (Å²) in [7, 11) is 0. The van der Waals surface area contributed by atoms with E-state index in [0.29, 0.717) is 17.5 Å². The van der Waals surface area contributed by atoms with Crippen molar-refractivity contribution in [3.63, 3.8) is 0 Å². The Kier molecular flexibility index (Phi) is 5.54. The molecular weight excluding hydrogens is 338 g/mol. The van der Waals surface area contributed by atoms with Gasteiger partial charge in [0.15, 0.2) is 5.82 Å². The molecule has 0 aliphatic rings. The quantitative estimate of drug-likeness (QED) is 0.727. The second-order valence-electron chi connectivity index (χ2n) is 7.58. The maximum absolute atomic E-state index is 12.4. The molecule has 0 radical (unpaired) electrons. The van der Waals surface area contributed by atoms with E-state index in [4.69, 9.17) is 0 Å². The van der Waals surface area contributed by atoms with Gasteiger partial charge in [-0.05, 0) is 50.3 Å². The van der Waals surface area contributed by atoms with E-state index in [0.717, 1.165) is 23.4 Å². The van der Waals surface area contributed by atoms with Crippen LogP contribution in [-0.2, 0) is 17.6 Å². The van der Waals surface area contributed by atoms with Crippen LogP contribution in [0, 0.1) is 19.8 Å². The molecule has 0 saturated heterocycles. The molecule has 0 bridgehead atoms. The predicted octanol–water partition coefficient (Wildman–Crippen LogP) is 3.36. The molecule has 142 valence electrons. The van der Waals surface area contributed by atoms with Gasteiger partial charge in [-0.25, -0.2) is 9.50 Å². The summed E-state index contributed by atoms with van der Waals surface area (Å²) in [6.07, 6.45) is 1.20. The minimum Gasteiger partial charge on any atom is -0.349 e. The van der Waals surface area contributed by atoms with Gasteiger partial charge in [0, 0.05) is 11.4 Å². The Labute approximate surface area is 160 Å². The number of aromatic nitrogens is 4. The van der Waals surface area contributed by atoms with Gasteiger partial charge in [0.25, 0.3) is 5.78 Å². The van der Waals surface area contributed by atoms with Crippen LogP contribution in [0.25, 0.3) is 5.78 Å². The Bertz CT molecular complexity index is 943. The summed E-state index contributed by atoms with van der Waals surface area (Å²) in [5.74, 6) is 1.55. The van der Waals surface area contributed by atoms with Crippen LogP contribution in [0.5, 0.6) is 0 Å². The van der Waals surface area contributed by atoms with Crippen LogP contribution in [0.15, 0.2) is 30.3 Å². The highest BCUT2D eigenvalue weighted by Crippen LogP contribution is 2.16. The molecule has 0 saturated carbocycles. The zero-order valence-electron chi connectivity index (χ0n) is 16.7. The number of rotatable bonds is 6. The Hall–Kier alpha value is -2.76. The van der Waals surface area contributed by atoms with Gasteiger partial charge >= 0.3 is 0 Å². The maximum atomic E-state index is 12.4. The van der Waals surface area contributed by atoms with Crippen LogP contribution in [0.4, 0.5) is 0 Å². The van der Waals surface area contributed by atoms with Crippen molar-refractivity contribution in [3.8, 4) is 0 Å². The summed E-state index contributed by atoms with van der Waals surface area (Å²) in [5, 5.41) is 7.42. The van der Waals surface area contributed by atoms with Gasteiger partial charge < -0.3 is 5.32 Å². The summed E-state index contributed by atoms with van der Waals surface area (Å²) < 4.78 is 1.67. The lowest BCUT2D eigenvalue weighted by Crippen LogP contribution is -2.28. The van der Waals surface area contributed by atoms with E-state index in [2.05, 4.69) is 58.5 Å². The molecule has 3 aromatic rings. The summed E-state index contributed by atoms with van der Waals surface area (Å²) in [6, 6.07) is 10.3. The normalized spacial score (nSPS) is 12.5. The first kappa shape index (κ1) is 19.0. The monoisotopic (exact) mass is 365 g/mol. The van der Waals surface area contributed by atoms with Crippen LogP contribution in [-0.4, -0.2) is 25.5 Å². The van der Waals surface area contributed by atoms with Crippen LogP contribution >= 0.6 is 0 Å². The number of hydrogen-bond donors (Lipinski definition) is 1. The van der Waals surface area contributed by atoms with Crippen LogP contribution < -0.4 is 5.32 Å². The zero-order chi connectivity index (χ0) is 19.6. The number of benzene rings is 1. The molecule has 1 atom stereocenters. The SMILES string of the molecule is Cc1cc(C)n2nc(CC(=O)NC(C)c3ccc(CC(C)C)cc3)nc2n1. The molecule has 1 aromatic carbocycles. The Morgan fingerprint density at radius 3 is 2.48 bits per heavy atom. The van der Waals surface area contributed by atoms with E-state index in [1.165, 1.54) is 5.56 Å². The van der Waals surface area contributed by atoms with Crippen molar-refractivity contribution in [2.24, 2.45) is 5.92 Å². The van der Waals surface area contributed by atoms with E-state index in [1.807, 2.05) is 26.8 Å². The van der Waals surface area contributed by atoms with Crippen LogP contribution in [0.3, 0.4) is 0 Å². The predicted molar refractivity (Wildman–Crippen MR) is 106 cm³/mol. The molecular formula is C21H27N5O. The van der Waals surface area contributed by atoms with E-state index >= 15 is 0 Å². The van der Waals surface area contributed by atoms with Gasteiger partial charge in [-0.15, -0.1) is 5.10 Å². The first-order valence-corrected chi connectivity index (χ1v) is 9.40. The van der Waals surface area contributed by atoms with Gasteiger partial charge in [-0.1, -0.05) is 38.1 Å². The van der Waals surface area contributed by atoms with Gasteiger partial charge in [0.1, 0.15) is 0 Å². The Balaban J connectivity index is 1.64. The largest absolute Gasteiger partial charge is 0.349 e. The lowest BCUT2D eigenvalue weighted by atomic mass is 10.00. The maximum Gasteiger partial charge on any atom is 0.252 e. The minimum absolute atomic E-state index is 0.0651. The zero-order valence-corrected chi connectivity index (χ0v) is 16.7. The third-order valence-electron chi connectivity index (χ3n) is 4.48. The fourth-order valence-electron chi connectivity index (χ4n) is 3.22. The number of amides is 1. The summed E-state index contributed by atoms with van der Waals surface area (Å²) in [4.78, 5) is 21.1. The van der Waals surface area contributed by atoms with E-state index in [1.54, 1.807) is 4.52 Å². The van der Waals surface area contributed by atoms with Gasteiger partial charge in [-0.3, -0.25) is 4.79 Å². The second kappa shape index (κ2) is 7.86. The highest BCUT2D eigenvalue weighted by Gasteiger charge is 2.14. The first-order valence-electron chi connectivity index (χ1n) is 9.40. The number of carbonyl (C=O) groups is 1. The first-order chi connectivity index (χ1) is 12.8. The van der Waals surface area contributed by atoms with E-state index in [9.17, 15) is 4.79 Å². The topological polar surface area (TPSA) is 72.2 Å². The van der Waals surface area contributed by atoms with Crippen molar-refractivity contribution in [1.29, 1.82) is 0 Å². The average molecular weight is 365 g/mol. The number of carbonyl (C=O) groups excluding carboxylic acids is 1. The minimum atomic E-state index is -0.0981. The molecule has 1 N–H and O–H groups in total. The van der Waals surface area contributed by atoms with Crippen LogP contribution in [0.1, 0.15) is 55.2 Å². The second-order valence-corrected chi connectivity index (χ2v) is 7.58. The molecule has 6 nitrogen and oxygen atoms in total. The number of fused-ring (bicyclic) bond motifs is 1. The molecule has 0 spiro atoms. The summed E-state index contributed by atoms with van der Waals surface area (Å²) >= 11 is 0. The van der Waals surface area contributed by atoms with Crippen molar-refractivity contribution in [2.75, 3.05) is 0 Å². The molecule has 27 heavy (non-hydrogen) atoms. The lowest BCUT2D eigenvalue weighted by Gasteiger charge is -2.14. The highest BCUT2D eigenvalue weighted by molar-refractivity contribution is 5.78. The van der Waals surface area contributed by atoms with E-state index in [-0.39, 0.29) is 18.4 Å². The fraction of sp³-hybridized carbons (Fsp3) is 0.429. The average Bonchev–Trinajstić information content (AvgIpc) is 2.97. The molecule has 0 aliphatic carbocycles. The van der Waals surface area contributed by atoms with Crippen molar-refractivity contribution in [3.05, 3.63) is 58.7 Å². The molecule has 2 heterocycles. The molecule has 0 fully saturated rings. The molecule has 3 rings (SSSR count). The summed E-state index contributed by atoms with van der Waals surface area (Å²) in [5.41, 5.74) is 4.25. The Morgan fingerprint density at radius 1 is 1.11 bits per heavy atom. The fourth-order valence-corrected chi connectivity index (χ4v) is 3.22. The third kappa shape index (κ3) is 4.70. The number of nitrogens with zero attached hydrogens (tertiary/aromatic N) is 4. The third-order valence-corrected chi connectivity index (χ3v) is 4.48. The van der Waals surface area contributed by atoms with Crippen molar-refractivity contribution in [1.82, 2.24) is 24.9 Å². The molecule has 0 aliphatic heterocycles. The number of nitrogens with one attached hydrogen (secondary N) is 1. The van der Waals surface area contributed by atoms with E-state index < -0.39 is 0 Å². The molecule has 6 heteroatoms. The van der Waals surface area contributed by atoms with Gasteiger partial charge in [0.2, 0.25) is 5.91 Å². The summed E-state index contributed by atoms with van der Waals surface area (Å²) in [6.45, 7) is 10.3. The smallest absolute Gasteiger partial charge is 0.252 e. The van der Waals surface area contributed by atoms with Gasteiger partial charge in [0.05, 0.1) is 12.5 Å². The highest BCUT2D eigenvalue weighted by atomic mass is 16.1. The number of hydrogen-bond acceptors (Lipinski definition) is 4. The Morgan fingerprint density at radius 2 is 1.81 bits per heavy atom. The van der Waals surface area contributed by atoms with Gasteiger partial charge in [-0.2, -0.15) is 4.98 Å². The van der Waals surface area contributed by atoms with Crippen molar-refractivity contribution in [2.45, 2.75) is 53.5 Å². The number of aryl methyl sites for hydroxylation is 2. The molecule has 1 amide bonds. The molecule has 1 unspecified atom stereocenters. The van der Waals surface area contributed by atoms with Crippen molar-refractivity contribution < 1.29 is 4.79 Å². The molecule has 2 aromatic heterocycles. The standard InChI is InChI=1S/C21H27N5O/c1-13(2)10-17-6-8-18(9-7-17)16(5)23-20(27)12-19-24-21-22-14(3)11-15(4)26(21)25-19/h6-9,11,13,16H,10,12H2,1-5H3,(H,23,27). The van der Waals surface area contributed by atoms with Crippen molar-refractivity contribution >= 4 is 11.7 Å². The van der Waals surface area contributed by atoms with Crippen LogP contribution in [0.2, 0.25) is 0 Å².